The molecule has 2 heterocycles. The molecule has 9 nitrogen and oxygen atoms in total. The summed E-state index contributed by atoms with van der Waals surface area (Å²) in [4.78, 5) is 37.9. The second-order valence-corrected chi connectivity index (χ2v) is 9.96. The Morgan fingerprint density at radius 2 is 1.78 bits per heavy atom. The monoisotopic (exact) mass is 480 g/mol. The Labute approximate surface area is 190 Å². The van der Waals surface area contributed by atoms with Crippen LogP contribution in [0.2, 0.25) is 0 Å². The van der Waals surface area contributed by atoms with E-state index >= 15 is 0 Å². The maximum Gasteiger partial charge on any atom is 0.338 e. The van der Waals surface area contributed by atoms with Crippen LogP contribution >= 0.6 is 11.3 Å². The third kappa shape index (κ3) is 6.07. The van der Waals surface area contributed by atoms with Crippen LogP contribution in [0.1, 0.15) is 30.1 Å². The normalized spacial score (nSPS) is 14.6. The first-order valence-electron chi connectivity index (χ1n) is 10.1. The molecule has 0 radical (unpaired) electrons. The smallest absolute Gasteiger partial charge is 0.338 e. The molecule has 0 spiro atoms. The first-order valence-corrected chi connectivity index (χ1v) is 12.4. The van der Waals surface area contributed by atoms with E-state index < -0.39 is 22.6 Å². The number of nitrogens with one attached hydrogen (secondary N) is 1. The summed E-state index contributed by atoms with van der Waals surface area (Å²) >= 11 is 1.10. The Kier molecular flexibility index (Phi) is 7.86. The molecule has 1 aromatic heterocycles. The lowest BCUT2D eigenvalue weighted by atomic mass is 9.97. The van der Waals surface area contributed by atoms with Crippen molar-refractivity contribution >= 4 is 44.9 Å². The van der Waals surface area contributed by atoms with Crippen molar-refractivity contribution in [1.29, 1.82) is 0 Å². The molecule has 1 fully saturated rings. The van der Waals surface area contributed by atoms with Gasteiger partial charge in [-0.1, -0.05) is 6.07 Å². The third-order valence-electron chi connectivity index (χ3n) is 4.93. The van der Waals surface area contributed by atoms with Crippen molar-refractivity contribution < 1.29 is 32.3 Å². The molecule has 172 valence electrons. The van der Waals surface area contributed by atoms with Crippen LogP contribution in [0.5, 0.6) is 0 Å². The Bertz CT molecular complexity index is 1040. The minimum Gasteiger partial charge on any atom is -0.466 e. The zero-order valence-corrected chi connectivity index (χ0v) is 19.1. The van der Waals surface area contributed by atoms with Gasteiger partial charge in [0.1, 0.15) is 4.21 Å². The van der Waals surface area contributed by atoms with Crippen LogP contribution in [-0.2, 0) is 29.1 Å². The largest absolute Gasteiger partial charge is 0.466 e. The SMILES string of the molecule is CCOC(=O)C1CCN(C(=O)COC(=O)c2ccc(NS(=O)(=O)c3cccs3)cc2)CC1. The lowest BCUT2D eigenvalue weighted by Gasteiger charge is -2.30. The van der Waals surface area contributed by atoms with E-state index in [2.05, 4.69) is 4.72 Å². The van der Waals surface area contributed by atoms with Gasteiger partial charge in [0, 0.05) is 18.8 Å². The molecule has 11 heteroatoms. The number of thiophene rings is 1. The molecular formula is C21H24N2O7S2. The average molecular weight is 481 g/mol. The minimum atomic E-state index is -3.68. The van der Waals surface area contributed by atoms with Gasteiger partial charge in [-0.15, -0.1) is 11.3 Å². The van der Waals surface area contributed by atoms with Gasteiger partial charge in [0.15, 0.2) is 6.61 Å². The molecule has 1 aromatic carbocycles. The zero-order chi connectivity index (χ0) is 23.1. The number of piperidine rings is 1. The Morgan fingerprint density at radius 3 is 2.38 bits per heavy atom. The fourth-order valence-electron chi connectivity index (χ4n) is 3.22. The van der Waals surface area contributed by atoms with E-state index in [1.54, 1.807) is 23.3 Å². The minimum absolute atomic E-state index is 0.186. The van der Waals surface area contributed by atoms with Crippen LogP contribution < -0.4 is 4.72 Å². The van der Waals surface area contributed by atoms with E-state index in [0.29, 0.717) is 38.2 Å². The van der Waals surface area contributed by atoms with Crippen molar-refractivity contribution in [2.45, 2.75) is 24.0 Å². The molecule has 0 saturated carbocycles. The molecule has 1 aliphatic rings. The lowest BCUT2D eigenvalue weighted by molar-refractivity contribution is -0.151. The maximum atomic E-state index is 12.3. The van der Waals surface area contributed by atoms with E-state index in [0.717, 1.165) is 11.3 Å². The standard InChI is InChI=1S/C21H24N2O7S2/c1-2-29-20(25)16-9-11-23(12-10-16)18(24)14-30-21(26)15-5-7-17(8-6-15)22-32(27,28)19-4-3-13-31-19/h3-8,13,16,22H,2,9-12,14H2,1H3. The van der Waals surface area contributed by atoms with Crippen LogP contribution in [0.25, 0.3) is 0 Å². The number of carbonyl (C=O) groups excluding carboxylic acids is 3. The van der Waals surface area contributed by atoms with Crippen molar-refractivity contribution in [3.05, 3.63) is 47.3 Å². The molecule has 32 heavy (non-hydrogen) atoms. The van der Waals surface area contributed by atoms with Crippen molar-refractivity contribution in [1.82, 2.24) is 4.90 Å². The number of carbonyl (C=O) groups is 3. The number of nitrogens with zero attached hydrogens (tertiary/aromatic N) is 1. The van der Waals surface area contributed by atoms with Gasteiger partial charge in [-0.05, 0) is 55.5 Å². The number of hydrogen-bond donors (Lipinski definition) is 1. The number of benzene rings is 1. The number of ether oxygens (including phenoxy) is 2. The number of hydrogen-bond acceptors (Lipinski definition) is 8. The second kappa shape index (κ2) is 10.6. The van der Waals surface area contributed by atoms with Gasteiger partial charge in [0.2, 0.25) is 0 Å². The second-order valence-electron chi connectivity index (χ2n) is 7.10. The molecule has 2 aromatic rings. The van der Waals surface area contributed by atoms with Gasteiger partial charge >= 0.3 is 11.9 Å². The quantitative estimate of drug-likeness (QED) is 0.577. The molecule has 0 aliphatic carbocycles. The molecular weight excluding hydrogens is 456 g/mol. The molecule has 1 amide bonds. The lowest BCUT2D eigenvalue weighted by Crippen LogP contribution is -2.42. The number of sulfonamides is 1. The van der Waals surface area contributed by atoms with Crippen LogP contribution in [0, 0.1) is 5.92 Å². The number of esters is 2. The van der Waals surface area contributed by atoms with Crippen molar-refractivity contribution in [3.8, 4) is 0 Å². The van der Waals surface area contributed by atoms with Crippen LogP contribution in [0.4, 0.5) is 5.69 Å². The van der Waals surface area contributed by atoms with Crippen molar-refractivity contribution in [2.75, 3.05) is 31.0 Å². The predicted octanol–water partition coefficient (Wildman–Crippen LogP) is 2.51. The van der Waals surface area contributed by atoms with Crippen LogP contribution in [0.3, 0.4) is 0 Å². The predicted molar refractivity (Wildman–Crippen MR) is 118 cm³/mol. The molecule has 0 atom stereocenters. The van der Waals surface area contributed by atoms with E-state index in [1.807, 2.05) is 0 Å². The summed E-state index contributed by atoms with van der Waals surface area (Å²) in [6.07, 6.45) is 1.03. The number of rotatable bonds is 8. The fraction of sp³-hybridized carbons (Fsp3) is 0.381. The Balaban J connectivity index is 1.47. The number of likely N-dealkylation sites (tertiary alicyclic amines) is 1. The average Bonchev–Trinajstić information content (AvgIpc) is 3.34. The first-order chi connectivity index (χ1) is 15.3. The van der Waals surface area contributed by atoms with Gasteiger partial charge in [-0.25, -0.2) is 13.2 Å². The highest BCUT2D eigenvalue weighted by Crippen LogP contribution is 2.21. The third-order valence-corrected chi connectivity index (χ3v) is 7.71. The van der Waals surface area contributed by atoms with Crippen molar-refractivity contribution in [2.24, 2.45) is 5.92 Å². The Hall–Kier alpha value is -2.92. The molecule has 1 N–H and O–H groups in total. The summed E-state index contributed by atoms with van der Waals surface area (Å²) in [5.74, 6) is -1.47. The summed E-state index contributed by atoms with van der Waals surface area (Å²) in [5.41, 5.74) is 0.494. The summed E-state index contributed by atoms with van der Waals surface area (Å²) in [7, 11) is -3.68. The highest BCUT2D eigenvalue weighted by molar-refractivity contribution is 7.94. The summed E-state index contributed by atoms with van der Waals surface area (Å²) in [6.45, 7) is 2.48. The molecule has 0 unspecified atom stereocenters. The van der Waals surface area contributed by atoms with E-state index in [-0.39, 0.29) is 27.6 Å². The molecule has 3 rings (SSSR count). The van der Waals surface area contributed by atoms with Gasteiger partial charge in [0.25, 0.3) is 15.9 Å². The van der Waals surface area contributed by atoms with Gasteiger partial charge in [0.05, 0.1) is 18.1 Å². The molecule has 0 bridgehead atoms. The Morgan fingerprint density at radius 1 is 1.09 bits per heavy atom. The van der Waals surface area contributed by atoms with Crippen LogP contribution in [0.15, 0.2) is 46.0 Å². The molecule has 1 aliphatic heterocycles. The number of amides is 1. The highest BCUT2D eigenvalue weighted by Gasteiger charge is 2.28. The first kappa shape index (κ1) is 23.7. The summed E-state index contributed by atoms with van der Waals surface area (Å²) in [6, 6.07) is 8.87. The van der Waals surface area contributed by atoms with Gasteiger partial charge in [-0.2, -0.15) is 0 Å². The van der Waals surface area contributed by atoms with E-state index in [9.17, 15) is 22.8 Å². The fourth-order valence-corrected chi connectivity index (χ4v) is 5.27. The topological polar surface area (TPSA) is 119 Å². The zero-order valence-electron chi connectivity index (χ0n) is 17.5. The maximum absolute atomic E-state index is 12.3. The van der Waals surface area contributed by atoms with Gasteiger partial charge in [-0.3, -0.25) is 14.3 Å². The van der Waals surface area contributed by atoms with Crippen LogP contribution in [-0.4, -0.2) is 57.5 Å². The summed E-state index contributed by atoms with van der Waals surface area (Å²) < 4.78 is 37.2. The van der Waals surface area contributed by atoms with Gasteiger partial charge < -0.3 is 14.4 Å². The highest BCUT2D eigenvalue weighted by atomic mass is 32.2. The number of anilines is 1. The molecule has 1 saturated heterocycles. The van der Waals surface area contributed by atoms with E-state index in [1.165, 1.54) is 30.3 Å². The van der Waals surface area contributed by atoms with Crippen molar-refractivity contribution in [3.63, 3.8) is 0 Å². The van der Waals surface area contributed by atoms with E-state index in [4.69, 9.17) is 9.47 Å². The summed E-state index contributed by atoms with van der Waals surface area (Å²) in [5, 5.41) is 1.66.